The van der Waals surface area contributed by atoms with Crippen LogP contribution in [0.15, 0.2) is 28.7 Å². The van der Waals surface area contributed by atoms with Gasteiger partial charge in [0.1, 0.15) is 17.0 Å². The summed E-state index contributed by atoms with van der Waals surface area (Å²) in [6.07, 6.45) is -2.47. The van der Waals surface area contributed by atoms with Crippen LogP contribution in [0.1, 0.15) is 41.2 Å². The van der Waals surface area contributed by atoms with Crippen LogP contribution in [0.3, 0.4) is 0 Å². The van der Waals surface area contributed by atoms with Crippen molar-refractivity contribution in [2.24, 2.45) is 5.73 Å². The molecular formula is C25H27F3N6O4. The number of methoxy groups -OCH3 is 1. The molecule has 2 aliphatic heterocycles. The number of hydrogen-bond donors (Lipinski definition) is 2. The molecule has 0 spiro atoms. The SMILES string of the molecule is COc1ccc(-c2nc(C(=O)N3CCC(N4CCCNC4=O)CC3)c(CN)o2)c2ccc(C(F)(F)F)nc12. The lowest BCUT2D eigenvalue weighted by molar-refractivity contribution is -0.140. The zero-order valence-corrected chi connectivity index (χ0v) is 20.7. The molecular weight excluding hydrogens is 505 g/mol. The second kappa shape index (κ2) is 10.1. The summed E-state index contributed by atoms with van der Waals surface area (Å²) < 4.78 is 50.9. The molecule has 5 rings (SSSR count). The second-order valence-corrected chi connectivity index (χ2v) is 9.20. The molecule has 0 saturated carbocycles. The summed E-state index contributed by atoms with van der Waals surface area (Å²) in [7, 11) is 1.34. The van der Waals surface area contributed by atoms with Crippen LogP contribution < -0.4 is 15.8 Å². The van der Waals surface area contributed by atoms with Gasteiger partial charge < -0.3 is 30.0 Å². The fourth-order valence-corrected chi connectivity index (χ4v) is 5.00. The summed E-state index contributed by atoms with van der Waals surface area (Å²) in [5.74, 6) is 0.0218. The molecule has 10 nitrogen and oxygen atoms in total. The Kier molecular flexibility index (Phi) is 6.86. The topological polar surface area (TPSA) is 127 Å². The van der Waals surface area contributed by atoms with E-state index in [1.165, 1.54) is 19.2 Å². The van der Waals surface area contributed by atoms with Crippen LogP contribution in [0.25, 0.3) is 22.4 Å². The van der Waals surface area contributed by atoms with Crippen molar-refractivity contribution >= 4 is 22.8 Å². The van der Waals surface area contributed by atoms with Crippen molar-refractivity contribution in [3.05, 3.63) is 41.4 Å². The molecule has 0 radical (unpaired) electrons. The Hall–Kier alpha value is -3.87. The standard InChI is InChI=1S/C25H27F3N6O4/c1-37-17-5-3-16(15-4-6-19(25(26,27)28)31-20(15)17)22-32-21(18(13-29)38-22)23(35)33-11-7-14(8-12-33)34-10-2-9-30-24(34)36/h3-6,14H,2,7-13,29H2,1H3,(H,30,36). The number of alkyl halides is 3. The quantitative estimate of drug-likeness (QED) is 0.516. The van der Waals surface area contributed by atoms with Crippen molar-refractivity contribution in [2.75, 3.05) is 33.3 Å². The highest BCUT2D eigenvalue weighted by atomic mass is 19.4. The van der Waals surface area contributed by atoms with Gasteiger partial charge in [0, 0.05) is 43.2 Å². The number of hydrogen-bond acceptors (Lipinski definition) is 7. The van der Waals surface area contributed by atoms with E-state index in [0.717, 1.165) is 12.5 Å². The Balaban J connectivity index is 1.42. The third-order valence-electron chi connectivity index (χ3n) is 6.95. The van der Waals surface area contributed by atoms with Crippen molar-refractivity contribution in [2.45, 2.75) is 38.0 Å². The summed E-state index contributed by atoms with van der Waals surface area (Å²) in [6, 6.07) is 5.19. The molecule has 0 bridgehead atoms. The Morgan fingerprint density at radius 2 is 1.95 bits per heavy atom. The maximum absolute atomic E-state index is 13.4. The number of carbonyl (C=O) groups is 2. The minimum absolute atomic E-state index is 0.0102. The van der Waals surface area contributed by atoms with E-state index < -0.39 is 11.9 Å². The molecule has 38 heavy (non-hydrogen) atoms. The van der Waals surface area contributed by atoms with E-state index in [-0.39, 0.29) is 53.1 Å². The van der Waals surface area contributed by atoms with Crippen LogP contribution in [0, 0.1) is 0 Å². The maximum Gasteiger partial charge on any atom is 0.433 e. The summed E-state index contributed by atoms with van der Waals surface area (Å²) in [5, 5.41) is 3.18. The number of piperidine rings is 1. The van der Waals surface area contributed by atoms with E-state index in [2.05, 4.69) is 15.3 Å². The average Bonchev–Trinajstić information content (AvgIpc) is 3.36. The number of aromatic nitrogens is 2. The van der Waals surface area contributed by atoms with E-state index in [1.54, 1.807) is 11.0 Å². The van der Waals surface area contributed by atoms with E-state index in [9.17, 15) is 22.8 Å². The van der Waals surface area contributed by atoms with Gasteiger partial charge in [0.25, 0.3) is 5.91 Å². The smallest absolute Gasteiger partial charge is 0.433 e. The van der Waals surface area contributed by atoms with Crippen LogP contribution in [0.2, 0.25) is 0 Å². The number of benzene rings is 1. The zero-order chi connectivity index (χ0) is 27.0. The molecule has 2 aromatic heterocycles. The molecule has 202 valence electrons. The van der Waals surface area contributed by atoms with E-state index in [1.807, 2.05) is 4.90 Å². The molecule has 4 heterocycles. The largest absolute Gasteiger partial charge is 0.494 e. The second-order valence-electron chi connectivity index (χ2n) is 9.20. The fraction of sp³-hybridized carbons (Fsp3) is 0.440. The predicted molar refractivity (Wildman–Crippen MR) is 130 cm³/mol. The summed E-state index contributed by atoms with van der Waals surface area (Å²) in [6.45, 7) is 2.16. The van der Waals surface area contributed by atoms with E-state index >= 15 is 0 Å². The van der Waals surface area contributed by atoms with Gasteiger partial charge in [-0.3, -0.25) is 4.79 Å². The van der Waals surface area contributed by atoms with Crippen LogP contribution in [-0.4, -0.2) is 71.0 Å². The number of oxazole rings is 1. The number of fused-ring (bicyclic) bond motifs is 1. The van der Waals surface area contributed by atoms with Crippen molar-refractivity contribution in [1.29, 1.82) is 0 Å². The number of pyridine rings is 1. The van der Waals surface area contributed by atoms with Gasteiger partial charge in [-0.1, -0.05) is 0 Å². The van der Waals surface area contributed by atoms with E-state index in [0.29, 0.717) is 50.0 Å². The molecule has 0 unspecified atom stereocenters. The number of nitrogens with one attached hydrogen (secondary N) is 1. The Labute approximate surface area is 215 Å². The molecule has 13 heteroatoms. The molecule has 3 amide bonds. The summed E-state index contributed by atoms with van der Waals surface area (Å²) >= 11 is 0. The number of carbonyl (C=O) groups excluding carboxylic acids is 2. The Morgan fingerprint density at radius 1 is 1.18 bits per heavy atom. The first-order valence-corrected chi connectivity index (χ1v) is 12.3. The molecule has 3 aromatic rings. The third-order valence-corrected chi connectivity index (χ3v) is 6.95. The number of nitrogens with two attached hydrogens (primary N) is 1. The normalized spacial score (nSPS) is 17.1. The van der Waals surface area contributed by atoms with Gasteiger partial charge in [-0.05, 0) is 43.5 Å². The zero-order valence-electron chi connectivity index (χ0n) is 20.7. The van der Waals surface area contributed by atoms with Crippen LogP contribution in [-0.2, 0) is 12.7 Å². The van der Waals surface area contributed by atoms with Gasteiger partial charge in [-0.15, -0.1) is 0 Å². The van der Waals surface area contributed by atoms with Gasteiger partial charge >= 0.3 is 12.2 Å². The van der Waals surface area contributed by atoms with Gasteiger partial charge in [0.2, 0.25) is 5.89 Å². The highest BCUT2D eigenvalue weighted by Crippen LogP contribution is 2.37. The van der Waals surface area contributed by atoms with Gasteiger partial charge in [-0.25, -0.2) is 14.8 Å². The molecule has 2 aliphatic rings. The fourth-order valence-electron chi connectivity index (χ4n) is 5.00. The van der Waals surface area contributed by atoms with Gasteiger partial charge in [-0.2, -0.15) is 13.2 Å². The minimum atomic E-state index is -4.63. The molecule has 2 saturated heterocycles. The van der Waals surface area contributed by atoms with E-state index in [4.69, 9.17) is 14.9 Å². The number of amides is 3. The summed E-state index contributed by atoms with van der Waals surface area (Å²) in [4.78, 5) is 37.2. The monoisotopic (exact) mass is 532 g/mol. The third kappa shape index (κ3) is 4.73. The van der Waals surface area contributed by atoms with Crippen molar-refractivity contribution in [3.8, 4) is 17.2 Å². The van der Waals surface area contributed by atoms with Crippen molar-refractivity contribution < 1.29 is 31.9 Å². The molecule has 0 aliphatic carbocycles. The highest BCUT2D eigenvalue weighted by molar-refractivity contribution is 5.98. The van der Waals surface area contributed by atoms with Gasteiger partial charge in [0.05, 0.1) is 13.7 Å². The highest BCUT2D eigenvalue weighted by Gasteiger charge is 2.35. The Morgan fingerprint density at radius 3 is 2.61 bits per heavy atom. The number of halogens is 3. The molecule has 1 aromatic carbocycles. The number of likely N-dealkylation sites (tertiary alicyclic amines) is 1. The van der Waals surface area contributed by atoms with Crippen molar-refractivity contribution in [3.63, 3.8) is 0 Å². The Bertz CT molecular complexity index is 1370. The maximum atomic E-state index is 13.4. The van der Waals surface area contributed by atoms with Crippen molar-refractivity contribution in [1.82, 2.24) is 25.1 Å². The molecule has 2 fully saturated rings. The number of ether oxygens (including phenoxy) is 1. The minimum Gasteiger partial charge on any atom is -0.494 e. The number of rotatable bonds is 5. The number of nitrogens with zero attached hydrogens (tertiary/aromatic N) is 4. The first-order valence-electron chi connectivity index (χ1n) is 12.3. The summed E-state index contributed by atoms with van der Waals surface area (Å²) in [5.41, 5.74) is 5.20. The lowest BCUT2D eigenvalue weighted by atomic mass is 10.0. The van der Waals surface area contributed by atoms with Crippen LogP contribution in [0.4, 0.5) is 18.0 Å². The number of urea groups is 1. The first kappa shape index (κ1) is 25.8. The lowest BCUT2D eigenvalue weighted by Crippen LogP contribution is -2.54. The lowest BCUT2D eigenvalue weighted by Gasteiger charge is -2.40. The van der Waals surface area contributed by atoms with Crippen LogP contribution >= 0.6 is 0 Å². The van der Waals surface area contributed by atoms with Gasteiger partial charge in [0.15, 0.2) is 11.5 Å². The average molecular weight is 533 g/mol. The molecule has 0 atom stereocenters. The molecule has 3 N–H and O–H groups in total. The van der Waals surface area contributed by atoms with Crippen LogP contribution in [0.5, 0.6) is 5.75 Å². The first-order chi connectivity index (χ1) is 18.2. The predicted octanol–water partition coefficient (Wildman–Crippen LogP) is 3.40.